The highest BCUT2D eigenvalue weighted by atomic mass is 79.9. The normalized spacial score (nSPS) is 12.6. The van der Waals surface area contributed by atoms with Crippen LogP contribution >= 0.6 is 27.3 Å². The Bertz CT molecular complexity index is 313. The summed E-state index contributed by atoms with van der Waals surface area (Å²) in [6, 6.07) is 1.94. The molecule has 78 valence electrons. The van der Waals surface area contributed by atoms with Gasteiger partial charge in [-0.2, -0.15) is 0 Å². The van der Waals surface area contributed by atoms with Gasteiger partial charge in [0.1, 0.15) is 0 Å². The van der Waals surface area contributed by atoms with Crippen LogP contribution in [0, 0.1) is 13.8 Å². The Morgan fingerprint density at radius 3 is 2.71 bits per heavy atom. The number of alkyl halides is 1. The van der Waals surface area contributed by atoms with Gasteiger partial charge in [0.2, 0.25) is 0 Å². The number of aryl methyl sites for hydroxylation is 2. The maximum Gasteiger partial charge on any atom is 0.261 e. The van der Waals surface area contributed by atoms with E-state index in [0.29, 0.717) is 11.4 Å². The lowest BCUT2D eigenvalue weighted by Gasteiger charge is -2.04. The second-order valence-corrected chi connectivity index (χ2v) is 6.16. The van der Waals surface area contributed by atoms with Crippen molar-refractivity contribution >= 4 is 33.2 Å². The Morgan fingerprint density at radius 2 is 2.29 bits per heavy atom. The van der Waals surface area contributed by atoms with Crippen LogP contribution in [-0.2, 0) is 0 Å². The Balaban J connectivity index is 2.61. The molecule has 0 aliphatic heterocycles. The molecule has 0 bridgehead atoms. The first kappa shape index (κ1) is 11.7. The lowest BCUT2D eigenvalue weighted by molar-refractivity contribution is 0.0958. The first-order valence-electron chi connectivity index (χ1n) is 4.50. The zero-order valence-electron chi connectivity index (χ0n) is 8.56. The lowest BCUT2D eigenvalue weighted by Crippen LogP contribution is -2.27. The van der Waals surface area contributed by atoms with Crippen molar-refractivity contribution in [2.24, 2.45) is 0 Å². The summed E-state index contributed by atoms with van der Waals surface area (Å²) in [5.74, 6) is 0.0255. The number of hydrogen-bond donors (Lipinski definition) is 1. The number of carbonyl (C=O) groups excluding carboxylic acids is 1. The van der Waals surface area contributed by atoms with Crippen LogP contribution in [0.5, 0.6) is 0 Å². The Morgan fingerprint density at radius 1 is 1.64 bits per heavy atom. The molecule has 4 heteroatoms. The SMILES string of the molecule is Cc1cc(C(=O)NCC(C)Br)sc1C. The minimum atomic E-state index is 0.0255. The molecule has 1 rings (SSSR count). The largest absolute Gasteiger partial charge is 0.350 e. The molecule has 1 unspecified atom stereocenters. The molecule has 1 heterocycles. The standard InChI is InChI=1S/C10H14BrNOS/c1-6-4-9(14-8(6)3)10(13)12-5-7(2)11/h4,7H,5H2,1-3H3,(H,12,13). The van der Waals surface area contributed by atoms with Gasteiger partial charge in [-0.15, -0.1) is 11.3 Å². The van der Waals surface area contributed by atoms with Crippen molar-refractivity contribution in [2.75, 3.05) is 6.54 Å². The summed E-state index contributed by atoms with van der Waals surface area (Å²) in [5.41, 5.74) is 1.19. The van der Waals surface area contributed by atoms with Crippen molar-refractivity contribution in [2.45, 2.75) is 25.6 Å². The molecule has 1 amide bonds. The van der Waals surface area contributed by atoms with Crippen molar-refractivity contribution in [1.29, 1.82) is 0 Å². The summed E-state index contributed by atoms with van der Waals surface area (Å²) in [5, 5.41) is 2.86. The van der Waals surface area contributed by atoms with Gasteiger partial charge in [0, 0.05) is 16.2 Å². The number of halogens is 1. The molecule has 1 aromatic heterocycles. The quantitative estimate of drug-likeness (QED) is 0.845. The molecule has 0 saturated carbocycles. The van der Waals surface area contributed by atoms with Crippen molar-refractivity contribution in [1.82, 2.24) is 5.32 Å². The fourth-order valence-corrected chi connectivity index (χ4v) is 2.12. The highest BCUT2D eigenvalue weighted by molar-refractivity contribution is 9.09. The number of rotatable bonds is 3. The number of nitrogens with one attached hydrogen (secondary N) is 1. The van der Waals surface area contributed by atoms with Crippen LogP contribution in [0.15, 0.2) is 6.07 Å². The Kier molecular flexibility index (Phi) is 4.13. The maximum atomic E-state index is 11.6. The van der Waals surface area contributed by atoms with E-state index in [4.69, 9.17) is 0 Å². The van der Waals surface area contributed by atoms with Crippen LogP contribution < -0.4 is 5.32 Å². The summed E-state index contributed by atoms with van der Waals surface area (Å²) in [6.07, 6.45) is 0. The Hall–Kier alpha value is -0.350. The van der Waals surface area contributed by atoms with Gasteiger partial charge in [-0.25, -0.2) is 0 Å². The van der Waals surface area contributed by atoms with E-state index in [2.05, 4.69) is 21.2 Å². The average Bonchev–Trinajstić information content (AvgIpc) is 2.43. The summed E-state index contributed by atoms with van der Waals surface area (Å²) >= 11 is 4.93. The van der Waals surface area contributed by atoms with E-state index < -0.39 is 0 Å². The van der Waals surface area contributed by atoms with Crippen LogP contribution in [-0.4, -0.2) is 17.3 Å². The van der Waals surface area contributed by atoms with E-state index in [1.165, 1.54) is 10.4 Å². The van der Waals surface area contributed by atoms with E-state index >= 15 is 0 Å². The van der Waals surface area contributed by atoms with E-state index in [0.717, 1.165) is 4.88 Å². The van der Waals surface area contributed by atoms with E-state index in [1.807, 2.05) is 26.8 Å². The van der Waals surface area contributed by atoms with Crippen molar-refractivity contribution in [3.63, 3.8) is 0 Å². The number of hydrogen-bond acceptors (Lipinski definition) is 2. The molecule has 0 saturated heterocycles. The van der Waals surface area contributed by atoms with Gasteiger partial charge in [-0.05, 0) is 25.5 Å². The van der Waals surface area contributed by atoms with Crippen molar-refractivity contribution in [3.05, 3.63) is 21.4 Å². The lowest BCUT2D eigenvalue weighted by atomic mass is 10.3. The second kappa shape index (κ2) is 4.94. The van der Waals surface area contributed by atoms with Crippen molar-refractivity contribution in [3.8, 4) is 0 Å². The van der Waals surface area contributed by atoms with Gasteiger partial charge in [0.15, 0.2) is 0 Å². The van der Waals surface area contributed by atoms with Gasteiger partial charge < -0.3 is 5.32 Å². The molecule has 0 spiro atoms. The van der Waals surface area contributed by atoms with Crippen LogP contribution in [0.2, 0.25) is 0 Å². The fraction of sp³-hybridized carbons (Fsp3) is 0.500. The smallest absolute Gasteiger partial charge is 0.261 e. The number of amides is 1. The minimum absolute atomic E-state index is 0.0255. The fourth-order valence-electron chi connectivity index (χ4n) is 1.01. The molecule has 1 aromatic rings. The predicted octanol–water partition coefficient (Wildman–Crippen LogP) is 2.88. The monoisotopic (exact) mass is 275 g/mol. The second-order valence-electron chi connectivity index (χ2n) is 3.34. The minimum Gasteiger partial charge on any atom is -0.350 e. The van der Waals surface area contributed by atoms with E-state index in [-0.39, 0.29) is 5.91 Å². The topological polar surface area (TPSA) is 29.1 Å². The van der Waals surface area contributed by atoms with Gasteiger partial charge in [-0.1, -0.05) is 22.9 Å². The molecule has 0 radical (unpaired) electrons. The highest BCUT2D eigenvalue weighted by Gasteiger charge is 2.10. The third-order valence-electron chi connectivity index (χ3n) is 1.93. The average molecular weight is 276 g/mol. The van der Waals surface area contributed by atoms with E-state index in [1.54, 1.807) is 11.3 Å². The van der Waals surface area contributed by atoms with E-state index in [9.17, 15) is 4.79 Å². The number of carbonyl (C=O) groups is 1. The van der Waals surface area contributed by atoms with Crippen LogP contribution in [0.4, 0.5) is 0 Å². The Labute approximate surface area is 96.8 Å². The summed E-state index contributed by atoms with van der Waals surface area (Å²) < 4.78 is 0. The molecule has 1 N–H and O–H groups in total. The van der Waals surface area contributed by atoms with Gasteiger partial charge in [0.25, 0.3) is 5.91 Å². The maximum absolute atomic E-state index is 11.6. The molecular formula is C10H14BrNOS. The van der Waals surface area contributed by atoms with Gasteiger partial charge >= 0.3 is 0 Å². The summed E-state index contributed by atoms with van der Waals surface area (Å²) in [6.45, 7) is 6.72. The zero-order valence-corrected chi connectivity index (χ0v) is 11.0. The molecule has 0 aliphatic carbocycles. The summed E-state index contributed by atoms with van der Waals surface area (Å²) in [7, 11) is 0. The third kappa shape index (κ3) is 3.10. The molecule has 0 aromatic carbocycles. The van der Waals surface area contributed by atoms with Crippen LogP contribution in [0.3, 0.4) is 0 Å². The molecule has 1 atom stereocenters. The van der Waals surface area contributed by atoms with Gasteiger partial charge in [-0.3, -0.25) is 4.79 Å². The number of thiophene rings is 1. The molecular weight excluding hydrogens is 262 g/mol. The zero-order chi connectivity index (χ0) is 10.7. The highest BCUT2D eigenvalue weighted by Crippen LogP contribution is 2.20. The van der Waals surface area contributed by atoms with Crippen LogP contribution in [0.1, 0.15) is 27.0 Å². The molecule has 2 nitrogen and oxygen atoms in total. The molecule has 0 fully saturated rings. The molecule has 14 heavy (non-hydrogen) atoms. The first-order chi connectivity index (χ1) is 6.50. The van der Waals surface area contributed by atoms with Crippen LogP contribution in [0.25, 0.3) is 0 Å². The predicted molar refractivity (Wildman–Crippen MR) is 64.5 cm³/mol. The van der Waals surface area contributed by atoms with Gasteiger partial charge in [0.05, 0.1) is 4.88 Å². The molecule has 0 aliphatic rings. The third-order valence-corrected chi connectivity index (χ3v) is 3.41. The first-order valence-corrected chi connectivity index (χ1v) is 6.23. The summed E-state index contributed by atoms with van der Waals surface area (Å²) in [4.78, 5) is 13.9. The van der Waals surface area contributed by atoms with Crippen molar-refractivity contribution < 1.29 is 4.79 Å².